The molecule has 4 nitrogen and oxygen atoms in total. The molecule has 0 aromatic rings. The molecule has 16 heavy (non-hydrogen) atoms. The van der Waals surface area contributed by atoms with Gasteiger partial charge in [-0.2, -0.15) is 0 Å². The molecule has 0 rings (SSSR count). The first-order valence-corrected chi connectivity index (χ1v) is 5.71. The fraction of sp³-hybridized carbons (Fsp3) is 0.917. The maximum absolute atomic E-state index is 3.59. The maximum Gasteiger partial charge on any atom is 0.252 e. The molecule has 0 aliphatic rings. The topological polar surface area (TPSA) is 21.5 Å². The summed E-state index contributed by atoms with van der Waals surface area (Å²) in [4.78, 5) is 4.32. The zero-order chi connectivity index (χ0) is 13.1. The Morgan fingerprint density at radius 3 is 1.56 bits per heavy atom. The third kappa shape index (κ3) is 4.49. The number of nitrogens with one attached hydrogen (secondary N) is 1. The van der Waals surface area contributed by atoms with Crippen LogP contribution in [0.15, 0.2) is 0 Å². The van der Waals surface area contributed by atoms with Crippen LogP contribution in [0.1, 0.15) is 20.8 Å². The molecular formula is C12H29N4+. The molecule has 0 aliphatic carbocycles. The third-order valence-electron chi connectivity index (χ3n) is 2.40. The minimum atomic E-state index is 0.119. The van der Waals surface area contributed by atoms with Gasteiger partial charge in [-0.1, -0.05) is 0 Å². The van der Waals surface area contributed by atoms with Crippen molar-refractivity contribution >= 4 is 5.84 Å². The lowest BCUT2D eigenvalue weighted by atomic mass is 9.94. The van der Waals surface area contributed by atoms with Crippen LogP contribution in [0.5, 0.6) is 0 Å². The van der Waals surface area contributed by atoms with Crippen molar-refractivity contribution in [3.63, 3.8) is 0 Å². The van der Waals surface area contributed by atoms with Gasteiger partial charge in [0.1, 0.15) is 0 Å². The Morgan fingerprint density at radius 1 is 1.00 bits per heavy atom. The van der Waals surface area contributed by atoms with E-state index in [1.807, 2.05) is 0 Å². The molecule has 1 N–H and O–H groups in total. The van der Waals surface area contributed by atoms with Crippen molar-refractivity contribution < 1.29 is 4.58 Å². The first kappa shape index (κ1) is 15.4. The second kappa shape index (κ2) is 5.64. The second-order valence-corrected chi connectivity index (χ2v) is 5.94. The molecule has 0 saturated heterocycles. The van der Waals surface area contributed by atoms with Crippen LogP contribution in [0.25, 0.3) is 0 Å². The smallest absolute Gasteiger partial charge is 0.252 e. The molecule has 96 valence electrons. The van der Waals surface area contributed by atoms with Crippen molar-refractivity contribution in [2.24, 2.45) is 5.41 Å². The molecule has 0 spiro atoms. The van der Waals surface area contributed by atoms with Gasteiger partial charge in [0.2, 0.25) is 6.29 Å². The Balaban J connectivity index is 4.97. The molecule has 0 amide bonds. The van der Waals surface area contributed by atoms with Gasteiger partial charge in [-0.25, -0.2) is 5.32 Å². The van der Waals surface area contributed by atoms with E-state index in [2.05, 4.69) is 82.7 Å². The quantitative estimate of drug-likeness (QED) is 0.333. The van der Waals surface area contributed by atoms with Crippen LogP contribution in [-0.2, 0) is 0 Å². The van der Waals surface area contributed by atoms with E-state index in [-0.39, 0.29) is 11.7 Å². The number of hydrogen-bond acceptors (Lipinski definition) is 2. The summed E-state index contributed by atoms with van der Waals surface area (Å²) >= 11 is 0. The van der Waals surface area contributed by atoms with Gasteiger partial charge in [-0.3, -0.25) is 14.4 Å². The van der Waals surface area contributed by atoms with Gasteiger partial charge in [0.15, 0.2) is 0 Å². The Kier molecular flexibility index (Phi) is 5.42. The predicted octanol–water partition coefficient (Wildman–Crippen LogP) is 0.700. The summed E-state index contributed by atoms with van der Waals surface area (Å²) in [5.41, 5.74) is 0.119. The summed E-state index contributed by atoms with van der Waals surface area (Å²) in [7, 11) is 12.5. The molecule has 0 atom stereocenters. The lowest BCUT2D eigenvalue weighted by Crippen LogP contribution is -2.57. The molecule has 0 aromatic carbocycles. The lowest BCUT2D eigenvalue weighted by molar-refractivity contribution is -0.471. The summed E-state index contributed by atoms with van der Waals surface area (Å²) in [5, 5.41) is 3.59. The van der Waals surface area contributed by atoms with E-state index in [1.165, 1.54) is 5.84 Å². The summed E-state index contributed by atoms with van der Waals surface area (Å²) in [6.07, 6.45) is 0.205. The van der Waals surface area contributed by atoms with Crippen LogP contribution < -0.4 is 5.32 Å². The highest BCUT2D eigenvalue weighted by atomic mass is 15.4. The SMILES string of the molecule is CN(C)C(NC(=[N+](C)C)C(C)(C)C)N(C)C. The molecule has 0 bridgehead atoms. The van der Waals surface area contributed by atoms with Gasteiger partial charge in [-0.05, 0) is 49.0 Å². The summed E-state index contributed by atoms with van der Waals surface area (Å²) in [6, 6.07) is 0. The van der Waals surface area contributed by atoms with E-state index in [0.717, 1.165) is 0 Å². The molecule has 0 heterocycles. The van der Waals surface area contributed by atoms with Crippen LogP contribution in [0, 0.1) is 5.41 Å². The van der Waals surface area contributed by atoms with Gasteiger partial charge in [0.05, 0.1) is 19.5 Å². The molecule has 0 aliphatic heterocycles. The maximum atomic E-state index is 3.59. The average molecular weight is 229 g/mol. The average Bonchev–Trinajstić information content (AvgIpc) is 1.99. The van der Waals surface area contributed by atoms with Crippen LogP contribution in [0.4, 0.5) is 0 Å². The highest BCUT2D eigenvalue weighted by Crippen LogP contribution is 2.14. The summed E-state index contributed by atoms with van der Waals surface area (Å²) < 4.78 is 2.15. The van der Waals surface area contributed by atoms with Gasteiger partial charge < -0.3 is 0 Å². The molecule has 4 heteroatoms. The van der Waals surface area contributed by atoms with Gasteiger partial charge >= 0.3 is 0 Å². The first-order chi connectivity index (χ1) is 7.07. The van der Waals surface area contributed by atoms with Crippen molar-refractivity contribution in [3.05, 3.63) is 0 Å². The molecule has 0 radical (unpaired) electrons. The lowest BCUT2D eigenvalue weighted by Gasteiger charge is -2.31. The zero-order valence-electron chi connectivity index (χ0n) is 12.4. The van der Waals surface area contributed by atoms with E-state index >= 15 is 0 Å². The van der Waals surface area contributed by atoms with E-state index < -0.39 is 0 Å². The van der Waals surface area contributed by atoms with Gasteiger partial charge in [0.25, 0.3) is 5.84 Å². The van der Waals surface area contributed by atoms with Crippen LogP contribution in [-0.4, -0.2) is 68.8 Å². The Hall–Kier alpha value is -0.610. The van der Waals surface area contributed by atoms with E-state index in [4.69, 9.17) is 0 Å². The number of nitrogens with zero attached hydrogens (tertiary/aromatic N) is 3. The van der Waals surface area contributed by atoms with Crippen molar-refractivity contribution in [2.75, 3.05) is 42.3 Å². The van der Waals surface area contributed by atoms with Crippen LogP contribution in [0.2, 0.25) is 0 Å². The minimum absolute atomic E-state index is 0.119. The van der Waals surface area contributed by atoms with Gasteiger partial charge in [-0.15, -0.1) is 0 Å². The van der Waals surface area contributed by atoms with E-state index in [1.54, 1.807) is 0 Å². The Labute approximate surface area is 101 Å². The highest BCUT2D eigenvalue weighted by molar-refractivity contribution is 5.82. The van der Waals surface area contributed by atoms with Crippen molar-refractivity contribution in [1.29, 1.82) is 0 Å². The van der Waals surface area contributed by atoms with E-state index in [0.29, 0.717) is 0 Å². The van der Waals surface area contributed by atoms with Crippen LogP contribution in [0.3, 0.4) is 0 Å². The second-order valence-electron chi connectivity index (χ2n) is 5.94. The number of rotatable bonds is 3. The Morgan fingerprint density at radius 2 is 1.38 bits per heavy atom. The minimum Gasteiger partial charge on any atom is -0.271 e. The van der Waals surface area contributed by atoms with Crippen LogP contribution >= 0.6 is 0 Å². The number of amidine groups is 1. The normalized spacial score (nSPS) is 12.5. The Bertz CT molecular complexity index is 236. The highest BCUT2D eigenvalue weighted by Gasteiger charge is 2.30. The standard InChI is InChI=1S/C12H28N4/c1-12(2,3)10(14(4)5)13-11(15(6)7)16(8)9/h11H,1-9H3/p+1. The molecular weight excluding hydrogens is 200 g/mol. The monoisotopic (exact) mass is 229 g/mol. The zero-order valence-corrected chi connectivity index (χ0v) is 12.4. The largest absolute Gasteiger partial charge is 0.271 e. The summed E-state index contributed by atoms with van der Waals surface area (Å²) in [6.45, 7) is 6.66. The third-order valence-corrected chi connectivity index (χ3v) is 2.40. The van der Waals surface area contributed by atoms with Gasteiger partial charge in [0, 0.05) is 0 Å². The van der Waals surface area contributed by atoms with Crippen molar-refractivity contribution in [2.45, 2.75) is 27.1 Å². The first-order valence-electron chi connectivity index (χ1n) is 5.71. The fourth-order valence-corrected chi connectivity index (χ4v) is 1.86. The van der Waals surface area contributed by atoms with E-state index in [9.17, 15) is 0 Å². The fourth-order valence-electron chi connectivity index (χ4n) is 1.86. The predicted molar refractivity (Wildman–Crippen MR) is 70.9 cm³/mol. The molecule has 0 aromatic heterocycles. The summed E-state index contributed by atoms with van der Waals surface area (Å²) in [5.74, 6) is 1.24. The van der Waals surface area contributed by atoms with Crippen molar-refractivity contribution in [3.8, 4) is 0 Å². The molecule has 0 unspecified atom stereocenters. The van der Waals surface area contributed by atoms with Crippen molar-refractivity contribution in [1.82, 2.24) is 15.1 Å². The molecule has 0 saturated carbocycles. The molecule has 0 fully saturated rings. The number of hydrogen-bond donors (Lipinski definition) is 1.